The maximum atomic E-state index is 10.5. The minimum atomic E-state index is -0.00507. The van der Waals surface area contributed by atoms with Crippen molar-refractivity contribution in [1.82, 2.24) is 0 Å². The molecular formula is C25H30O4. The van der Waals surface area contributed by atoms with Crippen LogP contribution < -0.4 is 14.2 Å². The summed E-state index contributed by atoms with van der Waals surface area (Å²) in [4.78, 5) is 0. The fourth-order valence-electron chi connectivity index (χ4n) is 4.30. The molecule has 154 valence electrons. The summed E-state index contributed by atoms with van der Waals surface area (Å²) >= 11 is 0. The number of rotatable bonds is 3. The Bertz CT molecular complexity index is 1080. The van der Waals surface area contributed by atoms with Crippen molar-refractivity contribution in [3.05, 3.63) is 35.4 Å². The number of ether oxygens (including phenoxy) is 3. The summed E-state index contributed by atoms with van der Waals surface area (Å²) in [5.41, 5.74) is 2.26. The molecule has 0 aliphatic carbocycles. The summed E-state index contributed by atoms with van der Waals surface area (Å²) in [5, 5.41) is 14.9. The predicted molar refractivity (Wildman–Crippen MR) is 118 cm³/mol. The van der Waals surface area contributed by atoms with Gasteiger partial charge in [0.2, 0.25) is 0 Å². The van der Waals surface area contributed by atoms with Gasteiger partial charge in [-0.15, -0.1) is 0 Å². The van der Waals surface area contributed by atoms with Crippen LogP contribution in [0.1, 0.15) is 51.7 Å². The van der Waals surface area contributed by atoms with E-state index in [0.29, 0.717) is 5.75 Å². The third-order valence-electron chi connectivity index (χ3n) is 5.83. The van der Waals surface area contributed by atoms with Gasteiger partial charge in [0.05, 0.1) is 12.2 Å². The van der Waals surface area contributed by atoms with Crippen molar-refractivity contribution in [2.24, 2.45) is 0 Å². The highest BCUT2D eigenvalue weighted by Gasteiger charge is 2.24. The van der Waals surface area contributed by atoms with E-state index in [1.54, 1.807) is 0 Å². The van der Waals surface area contributed by atoms with Crippen LogP contribution in [0.2, 0.25) is 0 Å². The summed E-state index contributed by atoms with van der Waals surface area (Å²) in [7, 11) is 0. The van der Waals surface area contributed by atoms with Gasteiger partial charge in [0.1, 0.15) is 6.10 Å². The Labute approximate surface area is 172 Å². The van der Waals surface area contributed by atoms with Crippen molar-refractivity contribution < 1.29 is 19.3 Å². The van der Waals surface area contributed by atoms with Crippen LogP contribution in [0, 0.1) is 13.8 Å². The van der Waals surface area contributed by atoms with E-state index < -0.39 is 0 Å². The molecule has 1 aliphatic rings. The van der Waals surface area contributed by atoms with Gasteiger partial charge < -0.3 is 19.3 Å². The quantitative estimate of drug-likeness (QED) is 0.520. The van der Waals surface area contributed by atoms with Crippen molar-refractivity contribution in [2.75, 3.05) is 0 Å². The number of aryl methyl sites for hydroxylation is 2. The largest absolute Gasteiger partial charge is 0.504 e. The molecule has 1 aliphatic heterocycles. The molecule has 0 aromatic heterocycles. The first kappa shape index (κ1) is 19.7. The van der Waals surface area contributed by atoms with Gasteiger partial charge in [0.15, 0.2) is 23.0 Å². The van der Waals surface area contributed by atoms with Crippen molar-refractivity contribution in [3.8, 4) is 23.0 Å². The van der Waals surface area contributed by atoms with Gasteiger partial charge >= 0.3 is 0 Å². The van der Waals surface area contributed by atoms with Crippen molar-refractivity contribution in [2.45, 2.75) is 72.7 Å². The minimum Gasteiger partial charge on any atom is -0.504 e. The van der Waals surface area contributed by atoms with E-state index in [-0.39, 0.29) is 24.1 Å². The Hall–Kier alpha value is -2.62. The van der Waals surface area contributed by atoms with Gasteiger partial charge in [0.25, 0.3) is 0 Å². The third kappa shape index (κ3) is 3.45. The number of aromatic hydroxyl groups is 1. The molecule has 0 bridgehead atoms. The SMILES string of the molecule is CCC1CC(C)Oc2cc3c(C)c4cc(OC(C)C)c(O)cc4c(C)c3cc2O1. The molecule has 0 fully saturated rings. The number of hydrogen-bond donors (Lipinski definition) is 1. The molecule has 4 nitrogen and oxygen atoms in total. The second-order valence-electron chi connectivity index (χ2n) is 8.44. The predicted octanol–water partition coefficient (Wildman–Crippen LogP) is 6.43. The average molecular weight is 395 g/mol. The molecule has 3 aromatic rings. The molecule has 0 radical (unpaired) electrons. The van der Waals surface area contributed by atoms with E-state index in [9.17, 15) is 5.11 Å². The molecule has 0 spiro atoms. The summed E-state index contributed by atoms with van der Waals surface area (Å²) in [6.45, 7) is 12.4. The highest BCUT2D eigenvalue weighted by Crippen LogP contribution is 2.43. The van der Waals surface area contributed by atoms with E-state index in [1.165, 1.54) is 0 Å². The van der Waals surface area contributed by atoms with Crippen LogP contribution in [-0.2, 0) is 0 Å². The van der Waals surface area contributed by atoms with Crippen LogP contribution in [0.5, 0.6) is 23.0 Å². The van der Waals surface area contributed by atoms with Gasteiger partial charge in [-0.25, -0.2) is 0 Å². The molecule has 1 heterocycles. The molecule has 0 saturated heterocycles. The lowest BCUT2D eigenvalue weighted by Gasteiger charge is -2.19. The smallest absolute Gasteiger partial charge is 0.162 e. The maximum Gasteiger partial charge on any atom is 0.162 e. The molecule has 0 saturated carbocycles. The Morgan fingerprint density at radius 2 is 1.52 bits per heavy atom. The fourth-order valence-corrected chi connectivity index (χ4v) is 4.30. The van der Waals surface area contributed by atoms with Crippen molar-refractivity contribution in [1.29, 1.82) is 0 Å². The van der Waals surface area contributed by atoms with E-state index in [1.807, 2.05) is 26.0 Å². The molecule has 4 rings (SSSR count). The van der Waals surface area contributed by atoms with E-state index in [0.717, 1.165) is 57.0 Å². The highest BCUT2D eigenvalue weighted by molar-refractivity contribution is 6.07. The topological polar surface area (TPSA) is 47.9 Å². The Morgan fingerprint density at radius 1 is 0.966 bits per heavy atom. The summed E-state index contributed by atoms with van der Waals surface area (Å²) in [6.07, 6.45) is 2.10. The summed E-state index contributed by atoms with van der Waals surface area (Å²) < 4.78 is 18.3. The number of fused-ring (bicyclic) bond motifs is 3. The van der Waals surface area contributed by atoms with Crippen LogP contribution in [-0.4, -0.2) is 23.4 Å². The van der Waals surface area contributed by atoms with E-state index in [2.05, 4.69) is 39.8 Å². The Balaban J connectivity index is 1.97. The first-order valence-electron chi connectivity index (χ1n) is 10.5. The highest BCUT2D eigenvalue weighted by atomic mass is 16.5. The molecular weight excluding hydrogens is 364 g/mol. The van der Waals surface area contributed by atoms with Crippen LogP contribution in [0.15, 0.2) is 24.3 Å². The van der Waals surface area contributed by atoms with E-state index in [4.69, 9.17) is 14.2 Å². The van der Waals surface area contributed by atoms with Crippen LogP contribution >= 0.6 is 0 Å². The van der Waals surface area contributed by atoms with Crippen LogP contribution in [0.4, 0.5) is 0 Å². The first-order valence-corrected chi connectivity index (χ1v) is 10.5. The van der Waals surface area contributed by atoms with Gasteiger partial charge in [-0.05, 0) is 98.0 Å². The van der Waals surface area contributed by atoms with E-state index >= 15 is 0 Å². The standard InChI is InChI=1S/C25H30O4/c1-7-17-8-14(4)28-24-11-20-16(6)19-10-23(27-13(2)3)22(26)9-18(19)15(5)21(20)12-25(24)29-17/h9-14,17,26H,7-8H2,1-6H3. The second-order valence-corrected chi connectivity index (χ2v) is 8.44. The zero-order valence-electron chi connectivity index (χ0n) is 18.1. The normalized spacial score (nSPS) is 19.0. The van der Waals surface area contributed by atoms with Crippen LogP contribution in [0.3, 0.4) is 0 Å². The van der Waals surface area contributed by atoms with Gasteiger partial charge in [-0.3, -0.25) is 0 Å². The van der Waals surface area contributed by atoms with Crippen molar-refractivity contribution >= 4 is 21.5 Å². The zero-order chi connectivity index (χ0) is 20.9. The van der Waals surface area contributed by atoms with Gasteiger partial charge in [0, 0.05) is 6.42 Å². The van der Waals surface area contributed by atoms with Gasteiger partial charge in [-0.2, -0.15) is 0 Å². The number of benzene rings is 3. The average Bonchev–Trinajstić information content (AvgIpc) is 2.82. The molecule has 0 amide bonds. The zero-order valence-corrected chi connectivity index (χ0v) is 18.1. The monoisotopic (exact) mass is 394 g/mol. The third-order valence-corrected chi connectivity index (χ3v) is 5.83. The first-order chi connectivity index (χ1) is 13.8. The number of phenolic OH excluding ortho intramolecular Hbond substituents is 1. The Kier molecular flexibility index (Phi) is 4.97. The molecule has 3 aromatic carbocycles. The minimum absolute atomic E-state index is 0.00507. The summed E-state index contributed by atoms with van der Waals surface area (Å²) in [5.74, 6) is 2.30. The molecule has 1 N–H and O–H groups in total. The molecule has 29 heavy (non-hydrogen) atoms. The second kappa shape index (κ2) is 7.33. The molecule has 4 heteroatoms. The lowest BCUT2D eigenvalue weighted by Crippen LogP contribution is -2.21. The Morgan fingerprint density at radius 3 is 2.10 bits per heavy atom. The lowest BCUT2D eigenvalue weighted by molar-refractivity contribution is 0.153. The number of hydrogen-bond acceptors (Lipinski definition) is 4. The summed E-state index contributed by atoms with van der Waals surface area (Å²) in [6, 6.07) is 7.97. The number of phenols is 1. The fraction of sp³-hybridized carbons (Fsp3) is 0.440. The maximum absolute atomic E-state index is 10.5. The molecule has 2 unspecified atom stereocenters. The van der Waals surface area contributed by atoms with Crippen molar-refractivity contribution in [3.63, 3.8) is 0 Å². The van der Waals surface area contributed by atoms with Gasteiger partial charge in [-0.1, -0.05) is 6.92 Å². The molecule has 2 atom stereocenters. The van der Waals surface area contributed by atoms with Crippen LogP contribution in [0.25, 0.3) is 21.5 Å². The lowest BCUT2D eigenvalue weighted by atomic mass is 9.92.